The summed E-state index contributed by atoms with van der Waals surface area (Å²) in [7, 11) is 0. The average molecular weight is 210 g/mol. The highest BCUT2D eigenvalue weighted by molar-refractivity contribution is 7.98. The van der Waals surface area contributed by atoms with Crippen LogP contribution in [0.4, 0.5) is 0 Å². The molecule has 3 heteroatoms. The fraction of sp³-hybridized carbons (Fsp3) is 0.364. The van der Waals surface area contributed by atoms with Gasteiger partial charge in [0, 0.05) is 4.90 Å². The second kappa shape index (κ2) is 4.51. The molecule has 2 nitrogen and oxygen atoms in total. The number of carboxylic acid groups (broad SMARTS) is 1. The molecule has 0 bridgehead atoms. The number of carbonyl (C=O) groups is 1. The first-order chi connectivity index (χ1) is 6.61. The molecule has 0 aliphatic heterocycles. The molecule has 0 aliphatic rings. The van der Waals surface area contributed by atoms with Crippen molar-refractivity contribution in [3.8, 4) is 0 Å². The molecule has 0 atom stereocenters. The first kappa shape index (κ1) is 11.1. The maximum atomic E-state index is 10.9. The predicted octanol–water partition coefficient (Wildman–Crippen LogP) is 2.98. The fourth-order valence-corrected chi connectivity index (χ4v) is 2.43. The van der Waals surface area contributed by atoms with E-state index >= 15 is 0 Å². The van der Waals surface area contributed by atoms with Crippen LogP contribution >= 0.6 is 11.8 Å². The maximum absolute atomic E-state index is 10.9. The minimum absolute atomic E-state index is 0.409. The quantitative estimate of drug-likeness (QED) is 0.779. The molecule has 0 unspecified atom stereocenters. The van der Waals surface area contributed by atoms with Gasteiger partial charge in [-0.05, 0) is 36.8 Å². The van der Waals surface area contributed by atoms with Crippen LogP contribution < -0.4 is 0 Å². The van der Waals surface area contributed by atoms with Gasteiger partial charge in [-0.2, -0.15) is 0 Å². The molecular weight excluding hydrogens is 196 g/mol. The standard InChI is InChI=1S/C11H14O2S/c1-4-8-5-6-9(11(12)13)7(2)10(8)14-3/h5-6H,4H2,1-3H3,(H,12,13). The average Bonchev–Trinajstić information content (AvgIpc) is 2.16. The minimum atomic E-state index is -0.847. The highest BCUT2D eigenvalue weighted by atomic mass is 32.2. The Labute approximate surface area is 88.3 Å². The van der Waals surface area contributed by atoms with E-state index in [9.17, 15) is 4.79 Å². The number of hydrogen-bond donors (Lipinski definition) is 1. The van der Waals surface area contributed by atoms with E-state index < -0.39 is 5.97 Å². The van der Waals surface area contributed by atoms with Crippen molar-refractivity contribution in [1.82, 2.24) is 0 Å². The van der Waals surface area contributed by atoms with Gasteiger partial charge in [-0.15, -0.1) is 11.8 Å². The van der Waals surface area contributed by atoms with Crippen LogP contribution in [-0.4, -0.2) is 17.3 Å². The van der Waals surface area contributed by atoms with Crippen molar-refractivity contribution in [2.75, 3.05) is 6.26 Å². The molecule has 1 aromatic rings. The van der Waals surface area contributed by atoms with Gasteiger partial charge in [0.05, 0.1) is 5.56 Å². The summed E-state index contributed by atoms with van der Waals surface area (Å²) in [6.07, 6.45) is 2.92. The number of aryl methyl sites for hydroxylation is 1. The van der Waals surface area contributed by atoms with Crippen molar-refractivity contribution in [2.45, 2.75) is 25.2 Å². The van der Waals surface area contributed by atoms with Crippen LogP contribution in [0.2, 0.25) is 0 Å². The van der Waals surface area contributed by atoms with E-state index in [0.717, 1.165) is 16.9 Å². The van der Waals surface area contributed by atoms with Crippen LogP contribution in [0, 0.1) is 6.92 Å². The summed E-state index contributed by atoms with van der Waals surface area (Å²) in [5.41, 5.74) is 2.51. The monoisotopic (exact) mass is 210 g/mol. The van der Waals surface area contributed by atoms with E-state index in [0.29, 0.717) is 5.56 Å². The Morgan fingerprint density at radius 2 is 2.14 bits per heavy atom. The number of aromatic carboxylic acids is 1. The van der Waals surface area contributed by atoms with Crippen molar-refractivity contribution in [3.63, 3.8) is 0 Å². The molecule has 0 saturated carbocycles. The van der Waals surface area contributed by atoms with Gasteiger partial charge in [0.2, 0.25) is 0 Å². The van der Waals surface area contributed by atoms with E-state index in [1.807, 2.05) is 19.2 Å². The van der Waals surface area contributed by atoms with E-state index in [2.05, 4.69) is 6.92 Å². The van der Waals surface area contributed by atoms with E-state index in [1.165, 1.54) is 5.56 Å². The molecule has 14 heavy (non-hydrogen) atoms. The maximum Gasteiger partial charge on any atom is 0.335 e. The van der Waals surface area contributed by atoms with Gasteiger partial charge in [-0.1, -0.05) is 13.0 Å². The Hall–Kier alpha value is -0.960. The summed E-state index contributed by atoms with van der Waals surface area (Å²) in [6.45, 7) is 3.95. The molecular formula is C11H14O2S. The molecule has 76 valence electrons. The number of rotatable bonds is 3. The zero-order valence-corrected chi connectivity index (χ0v) is 9.44. The summed E-state index contributed by atoms with van der Waals surface area (Å²) >= 11 is 1.61. The fourth-order valence-electron chi connectivity index (χ4n) is 1.54. The lowest BCUT2D eigenvalue weighted by molar-refractivity contribution is 0.0696. The molecule has 1 rings (SSSR count). The van der Waals surface area contributed by atoms with Gasteiger partial charge >= 0.3 is 5.97 Å². The summed E-state index contributed by atoms with van der Waals surface area (Å²) < 4.78 is 0. The molecule has 0 aromatic heterocycles. The summed E-state index contributed by atoms with van der Waals surface area (Å²) in [6, 6.07) is 3.60. The third kappa shape index (κ3) is 1.93. The van der Waals surface area contributed by atoms with E-state index in [1.54, 1.807) is 17.8 Å². The summed E-state index contributed by atoms with van der Waals surface area (Å²) in [5.74, 6) is -0.847. The van der Waals surface area contributed by atoms with Gasteiger partial charge in [-0.3, -0.25) is 0 Å². The number of carboxylic acids is 1. The molecule has 0 amide bonds. The van der Waals surface area contributed by atoms with Crippen molar-refractivity contribution in [3.05, 3.63) is 28.8 Å². The number of hydrogen-bond acceptors (Lipinski definition) is 2. The Bertz CT molecular complexity index is 359. The third-order valence-electron chi connectivity index (χ3n) is 2.30. The van der Waals surface area contributed by atoms with Crippen LogP contribution in [0.25, 0.3) is 0 Å². The van der Waals surface area contributed by atoms with Gasteiger partial charge in [0.25, 0.3) is 0 Å². The molecule has 0 aliphatic carbocycles. The third-order valence-corrected chi connectivity index (χ3v) is 3.28. The normalized spacial score (nSPS) is 10.2. The second-order valence-electron chi connectivity index (χ2n) is 3.09. The van der Waals surface area contributed by atoms with Gasteiger partial charge in [-0.25, -0.2) is 4.79 Å². The van der Waals surface area contributed by atoms with Crippen molar-refractivity contribution in [2.24, 2.45) is 0 Å². The second-order valence-corrected chi connectivity index (χ2v) is 3.91. The van der Waals surface area contributed by atoms with Crippen LogP contribution in [0.1, 0.15) is 28.4 Å². The molecule has 0 radical (unpaired) electrons. The summed E-state index contributed by atoms with van der Waals surface area (Å²) in [4.78, 5) is 12.0. The van der Waals surface area contributed by atoms with Gasteiger partial charge in [0.15, 0.2) is 0 Å². The zero-order valence-electron chi connectivity index (χ0n) is 8.63. The lowest BCUT2D eigenvalue weighted by Gasteiger charge is -2.11. The predicted molar refractivity (Wildman–Crippen MR) is 59.3 cm³/mol. The molecule has 0 saturated heterocycles. The Morgan fingerprint density at radius 1 is 1.50 bits per heavy atom. The topological polar surface area (TPSA) is 37.3 Å². The van der Waals surface area contributed by atoms with Crippen LogP contribution in [0.15, 0.2) is 17.0 Å². The highest BCUT2D eigenvalue weighted by Gasteiger charge is 2.12. The van der Waals surface area contributed by atoms with E-state index in [-0.39, 0.29) is 0 Å². The Balaban J connectivity index is 3.34. The van der Waals surface area contributed by atoms with Gasteiger partial charge in [0.1, 0.15) is 0 Å². The first-order valence-electron chi connectivity index (χ1n) is 4.51. The van der Waals surface area contributed by atoms with Crippen LogP contribution in [0.3, 0.4) is 0 Å². The van der Waals surface area contributed by atoms with Crippen molar-refractivity contribution >= 4 is 17.7 Å². The van der Waals surface area contributed by atoms with Crippen LogP contribution in [0.5, 0.6) is 0 Å². The largest absolute Gasteiger partial charge is 0.478 e. The Kier molecular flexibility index (Phi) is 3.58. The minimum Gasteiger partial charge on any atom is -0.478 e. The van der Waals surface area contributed by atoms with Crippen molar-refractivity contribution < 1.29 is 9.90 Å². The Morgan fingerprint density at radius 3 is 2.57 bits per heavy atom. The number of thioether (sulfide) groups is 1. The molecule has 1 N–H and O–H groups in total. The SMILES string of the molecule is CCc1ccc(C(=O)O)c(C)c1SC. The molecule has 1 aromatic carbocycles. The summed E-state index contributed by atoms with van der Waals surface area (Å²) in [5, 5.41) is 8.94. The molecule has 0 spiro atoms. The number of benzene rings is 1. The van der Waals surface area contributed by atoms with E-state index in [4.69, 9.17) is 5.11 Å². The smallest absolute Gasteiger partial charge is 0.335 e. The highest BCUT2D eigenvalue weighted by Crippen LogP contribution is 2.27. The first-order valence-corrected chi connectivity index (χ1v) is 5.74. The van der Waals surface area contributed by atoms with Crippen molar-refractivity contribution in [1.29, 1.82) is 0 Å². The zero-order chi connectivity index (χ0) is 10.7. The lowest BCUT2D eigenvalue weighted by Crippen LogP contribution is -2.02. The molecule has 0 heterocycles. The van der Waals surface area contributed by atoms with Crippen LogP contribution in [-0.2, 0) is 6.42 Å². The lowest BCUT2D eigenvalue weighted by atomic mass is 10.0. The van der Waals surface area contributed by atoms with Gasteiger partial charge < -0.3 is 5.11 Å². The molecule has 0 fully saturated rings.